The van der Waals surface area contributed by atoms with Gasteiger partial charge >= 0.3 is 0 Å². The Balaban J connectivity index is 2.22. The van der Waals surface area contributed by atoms with E-state index in [-0.39, 0.29) is 0 Å². The second kappa shape index (κ2) is 7.26. The molecule has 0 aliphatic rings. The van der Waals surface area contributed by atoms with Gasteiger partial charge in [-0.1, -0.05) is 70.3 Å². The number of hydrogen-bond donors (Lipinski definition) is 1. The van der Waals surface area contributed by atoms with Crippen molar-refractivity contribution < 1.29 is 0 Å². The van der Waals surface area contributed by atoms with E-state index in [4.69, 9.17) is 11.6 Å². The molecule has 0 radical (unpaired) electrons. The smallest absolute Gasteiger partial charge is 0.0449 e. The summed E-state index contributed by atoms with van der Waals surface area (Å²) in [7, 11) is 0. The summed E-state index contributed by atoms with van der Waals surface area (Å²) in [4.78, 5) is 0. The third-order valence-corrected chi connectivity index (χ3v) is 4.21. The molecule has 0 bridgehead atoms. The highest BCUT2D eigenvalue weighted by atomic mass is 79.9. The van der Waals surface area contributed by atoms with E-state index in [0.717, 1.165) is 22.5 Å². The summed E-state index contributed by atoms with van der Waals surface area (Å²) in [6, 6.07) is 15.1. The van der Waals surface area contributed by atoms with Gasteiger partial charge in [0.2, 0.25) is 0 Å². The van der Waals surface area contributed by atoms with Crippen molar-refractivity contribution >= 4 is 27.5 Å². The van der Waals surface area contributed by atoms with Crippen LogP contribution in [0.2, 0.25) is 5.02 Å². The van der Waals surface area contributed by atoms with Gasteiger partial charge in [0, 0.05) is 15.5 Å². The van der Waals surface area contributed by atoms with Gasteiger partial charge in [-0.3, -0.25) is 0 Å². The number of rotatable bonds is 5. The fourth-order valence-corrected chi connectivity index (χ4v) is 3.01. The van der Waals surface area contributed by atoms with Crippen LogP contribution >= 0.6 is 27.5 Å². The summed E-state index contributed by atoms with van der Waals surface area (Å²) in [5.74, 6) is 0. The minimum atomic E-state index is 0.291. The maximum atomic E-state index is 6.33. The average molecular weight is 353 g/mol. The molecule has 0 heterocycles. The summed E-state index contributed by atoms with van der Waals surface area (Å²) in [6.07, 6.45) is 0.892. The summed E-state index contributed by atoms with van der Waals surface area (Å²) in [5, 5.41) is 4.35. The Morgan fingerprint density at radius 2 is 1.85 bits per heavy atom. The first-order valence-electron chi connectivity index (χ1n) is 6.84. The van der Waals surface area contributed by atoms with Crippen LogP contribution in [0.5, 0.6) is 0 Å². The molecule has 0 saturated carbocycles. The fraction of sp³-hybridized carbons (Fsp3) is 0.294. The molecule has 3 heteroatoms. The summed E-state index contributed by atoms with van der Waals surface area (Å²) < 4.78 is 1.02. The van der Waals surface area contributed by atoms with E-state index in [2.05, 4.69) is 65.4 Å². The van der Waals surface area contributed by atoms with E-state index in [0.29, 0.717) is 6.04 Å². The molecule has 0 saturated heterocycles. The van der Waals surface area contributed by atoms with E-state index >= 15 is 0 Å². The molecule has 106 valence electrons. The van der Waals surface area contributed by atoms with E-state index in [1.54, 1.807) is 0 Å². The number of nitrogens with one attached hydrogen (secondary N) is 1. The quantitative estimate of drug-likeness (QED) is 0.769. The van der Waals surface area contributed by atoms with Crippen LogP contribution in [0, 0.1) is 6.92 Å². The van der Waals surface area contributed by atoms with E-state index < -0.39 is 0 Å². The first-order chi connectivity index (χ1) is 9.60. The number of benzene rings is 2. The van der Waals surface area contributed by atoms with Gasteiger partial charge in [0.15, 0.2) is 0 Å². The van der Waals surface area contributed by atoms with Gasteiger partial charge in [-0.15, -0.1) is 0 Å². The topological polar surface area (TPSA) is 12.0 Å². The van der Waals surface area contributed by atoms with Crippen LogP contribution in [0.1, 0.15) is 29.7 Å². The fourth-order valence-electron chi connectivity index (χ4n) is 2.26. The van der Waals surface area contributed by atoms with Gasteiger partial charge in [-0.05, 0) is 43.1 Å². The number of hydrogen-bond acceptors (Lipinski definition) is 1. The second-order valence-corrected chi connectivity index (χ2v) is 6.28. The molecule has 1 atom stereocenters. The Hall–Kier alpha value is -0.830. The van der Waals surface area contributed by atoms with Gasteiger partial charge in [-0.25, -0.2) is 0 Å². The van der Waals surface area contributed by atoms with Gasteiger partial charge < -0.3 is 5.32 Å². The standard InChI is InChI=1S/C17H19BrClN/c1-3-20-17(13-6-4-12(2)5-7-13)10-14-8-9-15(18)11-16(14)19/h4-9,11,17,20H,3,10H2,1-2H3. The lowest BCUT2D eigenvalue weighted by Crippen LogP contribution is -2.23. The van der Waals surface area contributed by atoms with Crippen LogP contribution in [0.3, 0.4) is 0 Å². The molecule has 0 fully saturated rings. The van der Waals surface area contributed by atoms with Gasteiger partial charge in [0.05, 0.1) is 0 Å². The molecule has 20 heavy (non-hydrogen) atoms. The third-order valence-electron chi connectivity index (χ3n) is 3.37. The monoisotopic (exact) mass is 351 g/mol. The lowest BCUT2D eigenvalue weighted by molar-refractivity contribution is 0.550. The summed E-state index contributed by atoms with van der Waals surface area (Å²) in [5.41, 5.74) is 3.75. The van der Waals surface area contributed by atoms with Crippen LogP contribution < -0.4 is 5.32 Å². The van der Waals surface area contributed by atoms with Crippen LogP contribution in [0.4, 0.5) is 0 Å². The Morgan fingerprint density at radius 1 is 1.15 bits per heavy atom. The highest BCUT2D eigenvalue weighted by Gasteiger charge is 2.13. The van der Waals surface area contributed by atoms with Crippen molar-refractivity contribution in [3.05, 3.63) is 68.7 Å². The summed E-state index contributed by atoms with van der Waals surface area (Å²) in [6.45, 7) is 5.18. The van der Waals surface area contributed by atoms with Crippen molar-refractivity contribution in [1.82, 2.24) is 5.32 Å². The molecule has 2 aromatic carbocycles. The Labute approximate surface area is 134 Å². The Kier molecular flexibility index (Phi) is 5.64. The summed E-state index contributed by atoms with van der Waals surface area (Å²) >= 11 is 9.77. The highest BCUT2D eigenvalue weighted by Crippen LogP contribution is 2.26. The van der Waals surface area contributed by atoms with Crippen molar-refractivity contribution in [2.45, 2.75) is 26.3 Å². The van der Waals surface area contributed by atoms with Crippen molar-refractivity contribution in [3.8, 4) is 0 Å². The van der Waals surface area contributed by atoms with Crippen LogP contribution in [0.15, 0.2) is 46.9 Å². The predicted molar refractivity (Wildman–Crippen MR) is 90.5 cm³/mol. The zero-order valence-corrected chi connectivity index (χ0v) is 14.1. The Morgan fingerprint density at radius 3 is 2.45 bits per heavy atom. The molecule has 0 aliphatic heterocycles. The third kappa shape index (κ3) is 4.08. The molecular formula is C17H19BrClN. The first kappa shape index (κ1) is 15.6. The van der Waals surface area contributed by atoms with E-state index in [9.17, 15) is 0 Å². The van der Waals surface area contributed by atoms with Gasteiger partial charge in [-0.2, -0.15) is 0 Å². The van der Waals surface area contributed by atoms with Crippen LogP contribution in [-0.2, 0) is 6.42 Å². The number of halogens is 2. The second-order valence-electron chi connectivity index (χ2n) is 4.96. The van der Waals surface area contributed by atoms with Crippen LogP contribution in [0.25, 0.3) is 0 Å². The minimum Gasteiger partial charge on any atom is -0.310 e. The van der Waals surface area contributed by atoms with Crippen molar-refractivity contribution in [1.29, 1.82) is 0 Å². The molecule has 0 spiro atoms. The molecule has 1 N–H and O–H groups in total. The van der Waals surface area contributed by atoms with Crippen LogP contribution in [-0.4, -0.2) is 6.54 Å². The van der Waals surface area contributed by atoms with Crippen molar-refractivity contribution in [2.75, 3.05) is 6.54 Å². The van der Waals surface area contributed by atoms with E-state index in [1.165, 1.54) is 16.7 Å². The zero-order valence-electron chi connectivity index (χ0n) is 11.8. The normalized spacial score (nSPS) is 12.4. The molecule has 0 aliphatic carbocycles. The molecule has 2 aromatic rings. The molecule has 0 amide bonds. The highest BCUT2D eigenvalue weighted by molar-refractivity contribution is 9.10. The predicted octanol–water partition coefficient (Wildman–Crippen LogP) is 5.30. The maximum Gasteiger partial charge on any atom is 0.0449 e. The van der Waals surface area contributed by atoms with Gasteiger partial charge in [0.25, 0.3) is 0 Å². The van der Waals surface area contributed by atoms with Crippen molar-refractivity contribution in [3.63, 3.8) is 0 Å². The lowest BCUT2D eigenvalue weighted by atomic mass is 9.98. The number of aryl methyl sites for hydroxylation is 1. The molecular weight excluding hydrogens is 334 g/mol. The van der Waals surface area contributed by atoms with Crippen molar-refractivity contribution in [2.24, 2.45) is 0 Å². The maximum absolute atomic E-state index is 6.33. The largest absolute Gasteiger partial charge is 0.310 e. The average Bonchev–Trinajstić information content (AvgIpc) is 2.42. The molecule has 1 nitrogen and oxygen atoms in total. The lowest BCUT2D eigenvalue weighted by Gasteiger charge is -2.19. The zero-order chi connectivity index (χ0) is 14.5. The van der Waals surface area contributed by atoms with E-state index in [1.807, 2.05) is 12.1 Å². The minimum absolute atomic E-state index is 0.291. The van der Waals surface area contributed by atoms with Gasteiger partial charge in [0.1, 0.15) is 0 Å². The molecule has 2 rings (SSSR count). The Bertz CT molecular complexity index is 566. The number of likely N-dealkylation sites (N-methyl/N-ethyl adjacent to an activating group) is 1. The molecule has 0 aromatic heterocycles. The molecule has 1 unspecified atom stereocenters. The first-order valence-corrected chi connectivity index (χ1v) is 8.01. The SMILES string of the molecule is CCNC(Cc1ccc(Br)cc1Cl)c1ccc(C)cc1.